The van der Waals surface area contributed by atoms with Gasteiger partial charge in [0.25, 0.3) is 21.8 Å². The predicted octanol–water partition coefficient (Wildman–Crippen LogP) is 2.64. The Kier molecular flexibility index (Phi) is 7.52. The van der Waals surface area contributed by atoms with Crippen molar-refractivity contribution >= 4 is 27.5 Å². The van der Waals surface area contributed by atoms with E-state index in [2.05, 4.69) is 15.6 Å². The third-order valence-electron chi connectivity index (χ3n) is 4.44. The van der Waals surface area contributed by atoms with Crippen LogP contribution in [-0.4, -0.2) is 33.9 Å². The highest BCUT2D eigenvalue weighted by atomic mass is 32.2. The van der Waals surface area contributed by atoms with Crippen LogP contribution in [0, 0.1) is 6.92 Å². The lowest BCUT2D eigenvalue weighted by Crippen LogP contribution is -2.43. The van der Waals surface area contributed by atoms with E-state index in [9.17, 15) is 18.0 Å². The van der Waals surface area contributed by atoms with E-state index in [4.69, 9.17) is 9.47 Å². The van der Waals surface area contributed by atoms with Crippen molar-refractivity contribution in [1.82, 2.24) is 10.9 Å². The van der Waals surface area contributed by atoms with Gasteiger partial charge in [0, 0.05) is 11.3 Å². The molecule has 2 amide bonds. The fourth-order valence-electron chi connectivity index (χ4n) is 2.75. The molecule has 0 unspecified atom stereocenters. The summed E-state index contributed by atoms with van der Waals surface area (Å²) in [6.07, 6.45) is 0. The number of carbonyl (C=O) groups excluding carboxylic acids is 2. The Morgan fingerprint density at radius 1 is 0.879 bits per heavy atom. The van der Waals surface area contributed by atoms with Crippen LogP contribution >= 0.6 is 0 Å². The summed E-state index contributed by atoms with van der Waals surface area (Å²) >= 11 is 0. The summed E-state index contributed by atoms with van der Waals surface area (Å²) in [5, 5.41) is 0. The van der Waals surface area contributed by atoms with Gasteiger partial charge in [-0.1, -0.05) is 12.1 Å². The molecule has 0 fully saturated rings. The molecule has 172 valence electrons. The summed E-state index contributed by atoms with van der Waals surface area (Å²) in [7, 11) is -2.33. The second kappa shape index (κ2) is 10.5. The average molecular weight is 470 g/mol. The molecule has 0 aliphatic heterocycles. The van der Waals surface area contributed by atoms with Crippen molar-refractivity contribution in [3.05, 3.63) is 83.9 Å². The SMILES string of the molecule is COc1ccc(NS(=O)(=O)c2ccc(C(=O)NNC(=O)COc3cccc(C)c3)cc2)cc1. The molecule has 3 aromatic rings. The minimum Gasteiger partial charge on any atom is -0.497 e. The van der Waals surface area contributed by atoms with Crippen molar-refractivity contribution in [2.45, 2.75) is 11.8 Å². The number of aryl methyl sites for hydroxylation is 1. The average Bonchev–Trinajstić information content (AvgIpc) is 2.81. The molecule has 3 rings (SSSR count). The number of anilines is 1. The molecule has 0 saturated carbocycles. The van der Waals surface area contributed by atoms with Gasteiger partial charge in [0.15, 0.2) is 6.61 Å². The third-order valence-corrected chi connectivity index (χ3v) is 5.84. The van der Waals surface area contributed by atoms with Gasteiger partial charge in [0.1, 0.15) is 11.5 Å². The molecular weight excluding hydrogens is 446 g/mol. The van der Waals surface area contributed by atoms with Gasteiger partial charge in [-0.3, -0.25) is 25.2 Å². The zero-order valence-electron chi connectivity index (χ0n) is 18.0. The van der Waals surface area contributed by atoms with E-state index in [0.29, 0.717) is 17.2 Å². The Labute approximate surface area is 191 Å². The Morgan fingerprint density at radius 3 is 2.21 bits per heavy atom. The maximum absolute atomic E-state index is 12.5. The molecule has 10 heteroatoms. The minimum absolute atomic E-state index is 0.0227. The summed E-state index contributed by atoms with van der Waals surface area (Å²) in [4.78, 5) is 24.1. The highest BCUT2D eigenvalue weighted by Crippen LogP contribution is 2.19. The third kappa shape index (κ3) is 6.71. The molecule has 0 spiro atoms. The van der Waals surface area contributed by atoms with Crippen LogP contribution in [-0.2, 0) is 14.8 Å². The van der Waals surface area contributed by atoms with Gasteiger partial charge in [0.05, 0.1) is 12.0 Å². The number of rotatable bonds is 8. The number of hydrazine groups is 1. The van der Waals surface area contributed by atoms with Gasteiger partial charge < -0.3 is 9.47 Å². The van der Waals surface area contributed by atoms with Crippen LogP contribution in [0.15, 0.2) is 77.7 Å². The van der Waals surface area contributed by atoms with Gasteiger partial charge in [-0.25, -0.2) is 8.42 Å². The molecule has 0 atom stereocenters. The van der Waals surface area contributed by atoms with Crippen LogP contribution in [0.5, 0.6) is 11.5 Å². The van der Waals surface area contributed by atoms with E-state index in [0.717, 1.165) is 5.56 Å². The molecule has 0 bridgehead atoms. The maximum atomic E-state index is 12.5. The zero-order chi connectivity index (χ0) is 23.8. The molecule has 0 aromatic heterocycles. The number of hydrogen-bond donors (Lipinski definition) is 3. The van der Waals surface area contributed by atoms with E-state index >= 15 is 0 Å². The van der Waals surface area contributed by atoms with Crippen LogP contribution in [0.2, 0.25) is 0 Å². The molecule has 33 heavy (non-hydrogen) atoms. The quantitative estimate of drug-likeness (QED) is 0.436. The Balaban J connectivity index is 1.52. The summed E-state index contributed by atoms with van der Waals surface area (Å²) in [5.41, 5.74) is 6.03. The van der Waals surface area contributed by atoms with Crippen LogP contribution in [0.4, 0.5) is 5.69 Å². The van der Waals surface area contributed by atoms with Crippen LogP contribution < -0.4 is 25.0 Å². The van der Waals surface area contributed by atoms with E-state index in [1.165, 1.54) is 31.4 Å². The Bertz CT molecular complexity index is 1230. The van der Waals surface area contributed by atoms with E-state index in [1.807, 2.05) is 13.0 Å². The summed E-state index contributed by atoms with van der Waals surface area (Å²) < 4.78 is 37.9. The fraction of sp³-hybridized carbons (Fsp3) is 0.130. The van der Waals surface area contributed by atoms with Gasteiger partial charge in [-0.2, -0.15) is 0 Å². The highest BCUT2D eigenvalue weighted by Gasteiger charge is 2.16. The van der Waals surface area contributed by atoms with Crippen molar-refractivity contribution in [3.8, 4) is 11.5 Å². The van der Waals surface area contributed by atoms with Crippen molar-refractivity contribution < 1.29 is 27.5 Å². The lowest BCUT2D eigenvalue weighted by atomic mass is 10.2. The molecule has 9 nitrogen and oxygen atoms in total. The minimum atomic E-state index is -3.85. The van der Waals surface area contributed by atoms with Crippen molar-refractivity contribution in [1.29, 1.82) is 0 Å². The normalized spacial score (nSPS) is 10.7. The zero-order valence-corrected chi connectivity index (χ0v) is 18.8. The first kappa shape index (κ1) is 23.6. The lowest BCUT2D eigenvalue weighted by Gasteiger charge is -2.11. The smallest absolute Gasteiger partial charge is 0.276 e. The second-order valence-electron chi connectivity index (χ2n) is 6.97. The first-order valence-corrected chi connectivity index (χ1v) is 11.3. The predicted molar refractivity (Wildman–Crippen MR) is 123 cm³/mol. The number of ether oxygens (including phenoxy) is 2. The highest BCUT2D eigenvalue weighted by molar-refractivity contribution is 7.92. The molecule has 0 aliphatic carbocycles. The van der Waals surface area contributed by atoms with Crippen molar-refractivity contribution in [2.24, 2.45) is 0 Å². The molecule has 0 saturated heterocycles. The van der Waals surface area contributed by atoms with E-state index < -0.39 is 21.8 Å². The number of hydrogen-bond acceptors (Lipinski definition) is 6. The number of methoxy groups -OCH3 is 1. The summed E-state index contributed by atoms with van der Waals surface area (Å²) in [5.74, 6) is -0.0163. The van der Waals surface area contributed by atoms with Gasteiger partial charge in [0.2, 0.25) is 0 Å². The Morgan fingerprint density at radius 2 is 1.58 bits per heavy atom. The van der Waals surface area contributed by atoms with Crippen LogP contribution in [0.25, 0.3) is 0 Å². The molecule has 0 radical (unpaired) electrons. The maximum Gasteiger partial charge on any atom is 0.276 e. The topological polar surface area (TPSA) is 123 Å². The van der Waals surface area contributed by atoms with Crippen molar-refractivity contribution in [2.75, 3.05) is 18.4 Å². The van der Waals surface area contributed by atoms with Crippen molar-refractivity contribution in [3.63, 3.8) is 0 Å². The molecule has 3 N–H and O–H groups in total. The van der Waals surface area contributed by atoms with Crippen LogP contribution in [0.3, 0.4) is 0 Å². The van der Waals surface area contributed by atoms with Crippen LogP contribution in [0.1, 0.15) is 15.9 Å². The molecule has 0 heterocycles. The van der Waals surface area contributed by atoms with Gasteiger partial charge in [-0.05, 0) is 73.2 Å². The first-order chi connectivity index (χ1) is 15.8. The molecule has 0 aliphatic rings. The molecular formula is C23H23N3O6S. The number of carbonyl (C=O) groups is 2. The fourth-order valence-corrected chi connectivity index (χ4v) is 3.81. The van der Waals surface area contributed by atoms with E-state index in [1.54, 1.807) is 42.5 Å². The number of benzene rings is 3. The summed E-state index contributed by atoms with van der Waals surface area (Å²) in [6, 6.07) is 18.9. The monoisotopic (exact) mass is 469 g/mol. The van der Waals surface area contributed by atoms with Gasteiger partial charge >= 0.3 is 0 Å². The largest absolute Gasteiger partial charge is 0.497 e. The van der Waals surface area contributed by atoms with E-state index in [-0.39, 0.29) is 17.1 Å². The lowest BCUT2D eigenvalue weighted by molar-refractivity contribution is -0.123. The number of sulfonamides is 1. The number of amides is 2. The number of nitrogens with one attached hydrogen (secondary N) is 3. The standard InChI is InChI=1S/C23H23N3O6S/c1-16-4-3-5-20(14-16)32-15-22(27)24-25-23(28)17-6-12-21(13-7-17)33(29,30)26-18-8-10-19(31-2)11-9-18/h3-14,26H,15H2,1-2H3,(H,24,27)(H,25,28). The molecule has 3 aromatic carbocycles. The Hall–Kier alpha value is -4.05. The van der Waals surface area contributed by atoms with Gasteiger partial charge in [-0.15, -0.1) is 0 Å². The first-order valence-electron chi connectivity index (χ1n) is 9.82. The second-order valence-corrected chi connectivity index (χ2v) is 8.65. The summed E-state index contributed by atoms with van der Waals surface area (Å²) in [6.45, 7) is 1.62.